The first-order chi connectivity index (χ1) is 5.77. The van der Waals surface area contributed by atoms with Crippen LogP contribution in [0.2, 0.25) is 0 Å². The minimum Gasteiger partial charge on any atom is -0.337 e. The number of H-pyrrole nitrogens is 1. The maximum atomic E-state index is 11.0. The highest BCUT2D eigenvalue weighted by Gasteiger charge is 2.18. The number of hydrogen-bond acceptors (Lipinski definition) is 2. The number of carbonyl (C=O) groups excluding carboxylic acids is 1. The first-order valence-corrected chi connectivity index (χ1v) is 3.85. The Morgan fingerprint density at radius 2 is 2.50 bits per heavy atom. The van der Waals surface area contributed by atoms with E-state index in [1.54, 1.807) is 6.20 Å². The van der Waals surface area contributed by atoms with E-state index in [0.717, 1.165) is 5.56 Å². The van der Waals surface area contributed by atoms with Crippen molar-refractivity contribution in [3.63, 3.8) is 0 Å². The van der Waals surface area contributed by atoms with Crippen molar-refractivity contribution >= 4 is 11.8 Å². The first-order valence-electron chi connectivity index (χ1n) is 3.85. The minimum atomic E-state index is -0.176. The molecule has 3 N–H and O–H groups in total. The number of amides is 2. The van der Waals surface area contributed by atoms with Crippen molar-refractivity contribution in [3.05, 3.63) is 11.8 Å². The normalized spacial score (nSPS) is 22.1. The SMILES string of the molecule is CC1CNC(=O)Nc2[nH]ncc21. The Balaban J connectivity index is 2.38. The maximum Gasteiger partial charge on any atom is 0.320 e. The molecule has 1 unspecified atom stereocenters. The Hall–Kier alpha value is -1.52. The molecule has 5 nitrogen and oxygen atoms in total. The van der Waals surface area contributed by atoms with Crippen molar-refractivity contribution in [1.82, 2.24) is 15.5 Å². The monoisotopic (exact) mass is 166 g/mol. The number of rotatable bonds is 0. The summed E-state index contributed by atoms with van der Waals surface area (Å²) >= 11 is 0. The van der Waals surface area contributed by atoms with E-state index < -0.39 is 0 Å². The van der Waals surface area contributed by atoms with Gasteiger partial charge in [-0.05, 0) is 0 Å². The fourth-order valence-corrected chi connectivity index (χ4v) is 1.28. The summed E-state index contributed by atoms with van der Waals surface area (Å²) in [6, 6.07) is -0.176. The molecular weight excluding hydrogens is 156 g/mol. The molecule has 1 aromatic heterocycles. The highest BCUT2D eigenvalue weighted by molar-refractivity contribution is 5.89. The molecule has 1 aliphatic heterocycles. The zero-order valence-corrected chi connectivity index (χ0v) is 6.72. The summed E-state index contributed by atoms with van der Waals surface area (Å²) in [6.07, 6.45) is 1.74. The fraction of sp³-hybridized carbons (Fsp3) is 0.429. The van der Waals surface area contributed by atoms with Gasteiger partial charge in [0.15, 0.2) is 0 Å². The van der Waals surface area contributed by atoms with Crippen LogP contribution in [0.4, 0.5) is 10.6 Å². The van der Waals surface area contributed by atoms with Crippen LogP contribution in [0.3, 0.4) is 0 Å². The number of fused-ring (bicyclic) bond motifs is 1. The lowest BCUT2D eigenvalue weighted by Crippen LogP contribution is -2.28. The number of nitrogens with one attached hydrogen (secondary N) is 3. The Morgan fingerprint density at radius 1 is 1.67 bits per heavy atom. The first kappa shape index (κ1) is 7.15. The molecule has 0 spiro atoms. The number of nitrogens with zero attached hydrogens (tertiary/aromatic N) is 1. The molecule has 1 aliphatic rings. The average Bonchev–Trinajstić information content (AvgIpc) is 2.44. The number of hydrogen-bond donors (Lipinski definition) is 3. The summed E-state index contributed by atoms with van der Waals surface area (Å²) in [6.45, 7) is 2.69. The quantitative estimate of drug-likeness (QED) is 0.529. The molecule has 0 fully saturated rings. The molecule has 1 aromatic rings. The number of carbonyl (C=O) groups is 1. The third-order valence-electron chi connectivity index (χ3n) is 2.01. The molecule has 0 aromatic carbocycles. The number of anilines is 1. The summed E-state index contributed by atoms with van der Waals surface area (Å²) in [5.74, 6) is 1.01. The van der Waals surface area contributed by atoms with Gasteiger partial charge in [-0.25, -0.2) is 4.79 Å². The Morgan fingerprint density at radius 3 is 3.33 bits per heavy atom. The number of urea groups is 1. The van der Waals surface area contributed by atoms with Gasteiger partial charge in [0, 0.05) is 18.0 Å². The average molecular weight is 166 g/mol. The van der Waals surface area contributed by atoms with Crippen molar-refractivity contribution in [2.75, 3.05) is 11.9 Å². The lowest BCUT2D eigenvalue weighted by atomic mass is 10.1. The van der Waals surface area contributed by atoms with Crippen LogP contribution in [0.15, 0.2) is 6.20 Å². The molecule has 0 bridgehead atoms. The third-order valence-corrected chi connectivity index (χ3v) is 2.01. The van der Waals surface area contributed by atoms with Crippen LogP contribution in [-0.2, 0) is 0 Å². The summed E-state index contributed by atoms with van der Waals surface area (Å²) in [5, 5.41) is 12.0. The lowest BCUT2D eigenvalue weighted by molar-refractivity contribution is 0.252. The number of aromatic amines is 1. The predicted molar refractivity (Wildman–Crippen MR) is 44.0 cm³/mol. The van der Waals surface area contributed by atoms with Gasteiger partial charge in [-0.2, -0.15) is 5.10 Å². The standard InChI is InChI=1S/C7H10N4O/c1-4-2-8-7(12)10-6-5(4)3-9-11-6/h3-4H,2H2,1H3,(H3,8,9,10,11,12). The van der Waals surface area contributed by atoms with Crippen molar-refractivity contribution in [2.45, 2.75) is 12.8 Å². The summed E-state index contributed by atoms with van der Waals surface area (Å²) in [7, 11) is 0. The van der Waals surface area contributed by atoms with E-state index >= 15 is 0 Å². The van der Waals surface area contributed by atoms with Crippen LogP contribution < -0.4 is 10.6 Å². The molecule has 2 amide bonds. The van der Waals surface area contributed by atoms with Gasteiger partial charge in [0.1, 0.15) is 5.82 Å². The molecule has 0 aliphatic carbocycles. The van der Waals surface area contributed by atoms with E-state index in [1.807, 2.05) is 6.92 Å². The van der Waals surface area contributed by atoms with Gasteiger partial charge in [0.25, 0.3) is 0 Å². The van der Waals surface area contributed by atoms with E-state index in [-0.39, 0.29) is 6.03 Å². The Bertz CT molecular complexity index is 306. The van der Waals surface area contributed by atoms with Crippen LogP contribution in [0, 0.1) is 0 Å². The van der Waals surface area contributed by atoms with Gasteiger partial charge >= 0.3 is 6.03 Å². The predicted octanol–water partition coefficient (Wildman–Crippen LogP) is 0.648. The van der Waals surface area contributed by atoms with Crippen LogP contribution in [0.5, 0.6) is 0 Å². The second kappa shape index (κ2) is 2.51. The molecule has 2 rings (SSSR count). The maximum absolute atomic E-state index is 11.0. The molecule has 5 heteroatoms. The van der Waals surface area contributed by atoms with Crippen molar-refractivity contribution in [2.24, 2.45) is 0 Å². The van der Waals surface area contributed by atoms with Gasteiger partial charge in [-0.1, -0.05) is 6.92 Å². The Labute approximate surface area is 69.5 Å². The van der Waals surface area contributed by atoms with E-state index in [2.05, 4.69) is 20.8 Å². The van der Waals surface area contributed by atoms with Crippen molar-refractivity contribution < 1.29 is 4.79 Å². The second-order valence-electron chi connectivity index (χ2n) is 2.94. The van der Waals surface area contributed by atoms with Gasteiger partial charge < -0.3 is 5.32 Å². The lowest BCUT2D eigenvalue weighted by Gasteiger charge is -2.04. The Kier molecular flexibility index (Phi) is 1.49. The highest BCUT2D eigenvalue weighted by atomic mass is 16.2. The third kappa shape index (κ3) is 1.03. The molecule has 1 atom stereocenters. The smallest absolute Gasteiger partial charge is 0.320 e. The van der Waals surface area contributed by atoms with Gasteiger partial charge in [0.05, 0.1) is 6.20 Å². The van der Waals surface area contributed by atoms with E-state index in [0.29, 0.717) is 18.3 Å². The topological polar surface area (TPSA) is 69.8 Å². The molecule has 2 heterocycles. The minimum absolute atomic E-state index is 0.176. The van der Waals surface area contributed by atoms with Crippen LogP contribution in [-0.4, -0.2) is 22.8 Å². The van der Waals surface area contributed by atoms with Crippen molar-refractivity contribution in [3.8, 4) is 0 Å². The highest BCUT2D eigenvalue weighted by Crippen LogP contribution is 2.22. The summed E-state index contributed by atoms with van der Waals surface area (Å²) < 4.78 is 0. The largest absolute Gasteiger partial charge is 0.337 e. The number of aromatic nitrogens is 2. The van der Waals surface area contributed by atoms with E-state index in [4.69, 9.17) is 0 Å². The van der Waals surface area contributed by atoms with Crippen LogP contribution >= 0.6 is 0 Å². The molecular formula is C7H10N4O. The van der Waals surface area contributed by atoms with Gasteiger partial charge in [-0.15, -0.1) is 0 Å². The van der Waals surface area contributed by atoms with Crippen molar-refractivity contribution in [1.29, 1.82) is 0 Å². The zero-order chi connectivity index (χ0) is 8.55. The van der Waals surface area contributed by atoms with Crippen LogP contribution in [0.1, 0.15) is 18.4 Å². The van der Waals surface area contributed by atoms with Gasteiger partial charge in [0.2, 0.25) is 0 Å². The van der Waals surface area contributed by atoms with E-state index in [1.165, 1.54) is 0 Å². The summed E-state index contributed by atoms with van der Waals surface area (Å²) in [5.41, 5.74) is 1.05. The molecule has 0 saturated carbocycles. The van der Waals surface area contributed by atoms with Crippen LogP contribution in [0.25, 0.3) is 0 Å². The zero-order valence-electron chi connectivity index (χ0n) is 6.72. The summed E-state index contributed by atoms with van der Waals surface area (Å²) in [4.78, 5) is 11.0. The fourth-order valence-electron chi connectivity index (χ4n) is 1.28. The molecule has 0 radical (unpaired) electrons. The van der Waals surface area contributed by atoms with E-state index in [9.17, 15) is 4.79 Å². The molecule has 64 valence electrons. The molecule has 0 saturated heterocycles. The molecule has 12 heavy (non-hydrogen) atoms. The second-order valence-corrected chi connectivity index (χ2v) is 2.94. The van der Waals surface area contributed by atoms with Gasteiger partial charge in [-0.3, -0.25) is 10.4 Å².